The van der Waals surface area contributed by atoms with Gasteiger partial charge in [0.15, 0.2) is 9.84 Å². The minimum absolute atomic E-state index is 0.157. The Labute approximate surface area is 120 Å². The van der Waals surface area contributed by atoms with Gasteiger partial charge in [-0.3, -0.25) is 0 Å². The lowest BCUT2D eigenvalue weighted by atomic mass is 9.92. The maximum Gasteiger partial charge on any atom is 0.157 e. The molecular formula is C15H21NO3S. The van der Waals surface area contributed by atoms with Crippen LogP contribution in [0.1, 0.15) is 18.4 Å². The molecule has 2 saturated heterocycles. The molecule has 110 valence electrons. The highest BCUT2D eigenvalue weighted by Crippen LogP contribution is 2.23. The first kappa shape index (κ1) is 13.9. The average Bonchev–Trinajstić information content (AvgIpc) is 2.38. The Bertz CT molecular complexity index is 552. The van der Waals surface area contributed by atoms with E-state index in [2.05, 4.69) is 17.4 Å². The van der Waals surface area contributed by atoms with Crippen LogP contribution in [0.3, 0.4) is 0 Å². The molecule has 4 nitrogen and oxygen atoms in total. The van der Waals surface area contributed by atoms with Crippen LogP contribution in [0.4, 0.5) is 0 Å². The summed E-state index contributed by atoms with van der Waals surface area (Å²) in [4.78, 5) is 0. The van der Waals surface area contributed by atoms with Crippen LogP contribution in [0.15, 0.2) is 24.3 Å². The van der Waals surface area contributed by atoms with Crippen molar-refractivity contribution < 1.29 is 13.2 Å². The number of hydrogen-bond acceptors (Lipinski definition) is 4. The molecule has 2 heterocycles. The molecular weight excluding hydrogens is 274 g/mol. The molecule has 1 atom stereocenters. The smallest absolute Gasteiger partial charge is 0.157 e. The number of ether oxygens (including phenoxy) is 1. The first-order valence-corrected chi connectivity index (χ1v) is 9.10. The van der Waals surface area contributed by atoms with Gasteiger partial charge in [0.1, 0.15) is 11.9 Å². The number of piperidine rings is 1. The van der Waals surface area contributed by atoms with Crippen molar-refractivity contribution >= 4 is 9.84 Å². The molecule has 1 aromatic rings. The molecule has 0 aromatic heterocycles. The van der Waals surface area contributed by atoms with Gasteiger partial charge in [-0.05, 0) is 56.0 Å². The van der Waals surface area contributed by atoms with E-state index in [1.54, 1.807) is 0 Å². The first-order chi connectivity index (χ1) is 9.61. The van der Waals surface area contributed by atoms with E-state index < -0.39 is 9.84 Å². The molecule has 1 unspecified atom stereocenters. The van der Waals surface area contributed by atoms with E-state index in [1.165, 1.54) is 18.4 Å². The van der Waals surface area contributed by atoms with Crippen molar-refractivity contribution in [1.29, 1.82) is 0 Å². The zero-order valence-corrected chi connectivity index (χ0v) is 12.4. The van der Waals surface area contributed by atoms with E-state index in [1.807, 2.05) is 12.1 Å². The number of benzene rings is 1. The maximum atomic E-state index is 11.1. The van der Waals surface area contributed by atoms with Crippen molar-refractivity contribution in [2.75, 3.05) is 24.6 Å². The predicted molar refractivity (Wildman–Crippen MR) is 78.8 cm³/mol. The van der Waals surface area contributed by atoms with Crippen LogP contribution in [0.25, 0.3) is 0 Å². The standard InChI is InChI=1S/C15H21NO3S/c17-20(18)10-15(11-20)19-14-5-1-3-12(8-14)7-13-4-2-6-16-9-13/h1,3,5,8,13,15-16H,2,4,6-7,9-11H2. The summed E-state index contributed by atoms with van der Waals surface area (Å²) < 4.78 is 28.0. The molecule has 0 bridgehead atoms. The summed E-state index contributed by atoms with van der Waals surface area (Å²) in [5.74, 6) is 1.81. The Morgan fingerprint density at radius 1 is 1.30 bits per heavy atom. The van der Waals surface area contributed by atoms with Gasteiger partial charge in [-0.15, -0.1) is 0 Å². The van der Waals surface area contributed by atoms with E-state index in [4.69, 9.17) is 4.74 Å². The fourth-order valence-corrected chi connectivity index (χ4v) is 4.13. The quantitative estimate of drug-likeness (QED) is 0.912. The summed E-state index contributed by atoms with van der Waals surface area (Å²) in [6.45, 7) is 2.22. The fraction of sp³-hybridized carbons (Fsp3) is 0.600. The van der Waals surface area contributed by atoms with Gasteiger partial charge in [0, 0.05) is 0 Å². The monoisotopic (exact) mass is 295 g/mol. The minimum atomic E-state index is -2.82. The second-order valence-corrected chi connectivity index (χ2v) is 8.03. The maximum absolute atomic E-state index is 11.1. The number of nitrogens with one attached hydrogen (secondary N) is 1. The van der Waals surface area contributed by atoms with Crippen LogP contribution in [-0.2, 0) is 16.3 Å². The van der Waals surface area contributed by atoms with E-state index in [-0.39, 0.29) is 17.6 Å². The highest BCUT2D eigenvalue weighted by molar-refractivity contribution is 7.92. The molecule has 20 heavy (non-hydrogen) atoms. The molecule has 3 rings (SSSR count). The van der Waals surface area contributed by atoms with Crippen molar-refractivity contribution in [3.63, 3.8) is 0 Å². The topological polar surface area (TPSA) is 55.4 Å². The Hall–Kier alpha value is -1.07. The summed E-state index contributed by atoms with van der Waals surface area (Å²) in [5, 5.41) is 3.43. The Morgan fingerprint density at radius 3 is 2.85 bits per heavy atom. The van der Waals surface area contributed by atoms with Gasteiger partial charge in [0.2, 0.25) is 0 Å². The second kappa shape index (κ2) is 5.74. The Kier molecular flexibility index (Phi) is 3.98. The van der Waals surface area contributed by atoms with E-state index >= 15 is 0 Å². The van der Waals surface area contributed by atoms with Gasteiger partial charge in [-0.25, -0.2) is 8.42 Å². The van der Waals surface area contributed by atoms with E-state index in [0.29, 0.717) is 5.92 Å². The molecule has 0 aliphatic carbocycles. The third kappa shape index (κ3) is 3.52. The third-order valence-electron chi connectivity index (χ3n) is 4.00. The van der Waals surface area contributed by atoms with Gasteiger partial charge in [0.05, 0.1) is 11.5 Å². The lowest BCUT2D eigenvalue weighted by molar-refractivity contribution is 0.230. The molecule has 2 aliphatic rings. The van der Waals surface area contributed by atoms with Crippen LogP contribution < -0.4 is 10.1 Å². The largest absolute Gasteiger partial charge is 0.488 e. The van der Waals surface area contributed by atoms with Crippen LogP contribution in [0, 0.1) is 5.92 Å². The molecule has 0 radical (unpaired) electrons. The van der Waals surface area contributed by atoms with Crippen LogP contribution in [-0.4, -0.2) is 39.1 Å². The molecule has 0 saturated carbocycles. The first-order valence-electron chi connectivity index (χ1n) is 7.27. The molecule has 2 aliphatic heterocycles. The van der Waals surface area contributed by atoms with Crippen molar-refractivity contribution in [2.24, 2.45) is 5.92 Å². The van der Waals surface area contributed by atoms with E-state index in [0.717, 1.165) is 25.3 Å². The summed E-state index contributed by atoms with van der Waals surface area (Å²) in [6, 6.07) is 8.08. The average molecular weight is 295 g/mol. The highest BCUT2D eigenvalue weighted by Gasteiger charge is 2.35. The van der Waals surface area contributed by atoms with Crippen LogP contribution in [0.5, 0.6) is 5.75 Å². The van der Waals surface area contributed by atoms with Gasteiger partial charge >= 0.3 is 0 Å². The van der Waals surface area contributed by atoms with Gasteiger partial charge in [0.25, 0.3) is 0 Å². The van der Waals surface area contributed by atoms with Crippen molar-refractivity contribution in [1.82, 2.24) is 5.32 Å². The number of hydrogen-bond donors (Lipinski definition) is 1. The second-order valence-electron chi connectivity index (χ2n) is 5.88. The molecule has 1 aromatic carbocycles. The van der Waals surface area contributed by atoms with Crippen molar-refractivity contribution in [2.45, 2.75) is 25.4 Å². The number of rotatable bonds is 4. The van der Waals surface area contributed by atoms with Crippen LogP contribution in [0.2, 0.25) is 0 Å². The van der Waals surface area contributed by atoms with Gasteiger partial charge in [-0.2, -0.15) is 0 Å². The van der Waals surface area contributed by atoms with Crippen molar-refractivity contribution in [3.8, 4) is 5.75 Å². The summed E-state index contributed by atoms with van der Waals surface area (Å²) in [5.41, 5.74) is 1.28. The molecule has 0 spiro atoms. The minimum Gasteiger partial charge on any atom is -0.488 e. The van der Waals surface area contributed by atoms with Gasteiger partial charge < -0.3 is 10.1 Å². The summed E-state index contributed by atoms with van der Waals surface area (Å²) in [6.07, 6.45) is 3.43. The summed E-state index contributed by atoms with van der Waals surface area (Å²) in [7, 11) is -2.82. The Balaban J connectivity index is 1.58. The van der Waals surface area contributed by atoms with E-state index in [9.17, 15) is 8.42 Å². The predicted octanol–water partition coefficient (Wildman–Crippen LogP) is 1.40. The molecule has 2 fully saturated rings. The third-order valence-corrected chi connectivity index (χ3v) is 5.76. The van der Waals surface area contributed by atoms with Gasteiger partial charge in [-0.1, -0.05) is 12.1 Å². The lowest BCUT2D eigenvalue weighted by Crippen LogP contribution is -2.45. The summed E-state index contributed by atoms with van der Waals surface area (Å²) >= 11 is 0. The molecule has 5 heteroatoms. The molecule has 0 amide bonds. The van der Waals surface area contributed by atoms with Crippen LogP contribution >= 0.6 is 0 Å². The fourth-order valence-electron chi connectivity index (χ4n) is 2.96. The SMILES string of the molecule is O=S1(=O)CC(Oc2cccc(CC3CCCNC3)c2)C1. The zero-order chi connectivity index (χ0) is 14.0. The normalized spacial score (nSPS) is 25.9. The lowest BCUT2D eigenvalue weighted by Gasteiger charge is -2.27. The molecule has 1 N–H and O–H groups in total. The zero-order valence-electron chi connectivity index (χ0n) is 11.5. The Morgan fingerprint density at radius 2 is 2.15 bits per heavy atom. The highest BCUT2D eigenvalue weighted by atomic mass is 32.2. The van der Waals surface area contributed by atoms with Crippen molar-refractivity contribution in [3.05, 3.63) is 29.8 Å². The number of sulfone groups is 1.